The fourth-order valence-corrected chi connectivity index (χ4v) is 2.53. The molecule has 1 aromatic heterocycles. The summed E-state index contributed by atoms with van der Waals surface area (Å²) < 4.78 is 6.96. The summed E-state index contributed by atoms with van der Waals surface area (Å²) in [4.78, 5) is 13.8. The zero-order valence-corrected chi connectivity index (χ0v) is 13.1. The lowest BCUT2D eigenvalue weighted by molar-refractivity contribution is -0.144. The van der Waals surface area contributed by atoms with Crippen LogP contribution in [0.1, 0.15) is 38.1 Å². The summed E-state index contributed by atoms with van der Waals surface area (Å²) in [6.45, 7) is 7.94. The molecule has 112 valence electrons. The summed E-state index contributed by atoms with van der Waals surface area (Å²) in [6, 6.07) is 0.469. The molecule has 0 spiro atoms. The number of aromatic nitrogens is 2. The van der Waals surface area contributed by atoms with Gasteiger partial charge in [0.2, 0.25) is 0 Å². The number of aryl methyl sites for hydroxylation is 2. The minimum Gasteiger partial charge on any atom is -0.465 e. The van der Waals surface area contributed by atoms with Crippen LogP contribution in [0, 0.1) is 6.92 Å². The number of carbonyl (C=O) groups is 1. The Hall–Kier alpha value is -1.07. The molecule has 0 unspecified atom stereocenters. The molecule has 1 aliphatic carbocycles. The highest BCUT2D eigenvalue weighted by Gasteiger charge is 2.32. The van der Waals surface area contributed by atoms with Crippen LogP contribution < -0.4 is 0 Å². The van der Waals surface area contributed by atoms with E-state index in [1.54, 1.807) is 0 Å². The average Bonchev–Trinajstić information content (AvgIpc) is 3.21. The van der Waals surface area contributed by atoms with Crippen molar-refractivity contribution in [3.63, 3.8) is 0 Å². The summed E-state index contributed by atoms with van der Waals surface area (Å²) in [5.74, 6) is -0.171. The van der Waals surface area contributed by atoms with E-state index in [0.29, 0.717) is 30.8 Å². The first kappa shape index (κ1) is 15.3. The Morgan fingerprint density at radius 2 is 2.20 bits per heavy atom. The van der Waals surface area contributed by atoms with E-state index in [-0.39, 0.29) is 5.97 Å². The normalized spacial score (nSPS) is 14.8. The maximum atomic E-state index is 11.7. The van der Waals surface area contributed by atoms with Gasteiger partial charge in [0.05, 0.1) is 29.6 Å². The number of hydrogen-bond acceptors (Lipinski definition) is 4. The van der Waals surface area contributed by atoms with Crippen LogP contribution in [0.3, 0.4) is 0 Å². The Bertz CT molecular complexity index is 483. The first-order valence-electron chi connectivity index (χ1n) is 7.18. The Morgan fingerprint density at radius 1 is 1.50 bits per heavy atom. The predicted octanol–water partition coefficient (Wildman–Crippen LogP) is 2.39. The molecule has 1 fully saturated rings. The largest absolute Gasteiger partial charge is 0.465 e. The molecule has 0 bridgehead atoms. The van der Waals surface area contributed by atoms with Crippen molar-refractivity contribution < 1.29 is 9.53 Å². The van der Waals surface area contributed by atoms with E-state index >= 15 is 0 Å². The number of ether oxygens (including phenoxy) is 1. The predicted molar refractivity (Wildman–Crippen MR) is 77.7 cm³/mol. The Balaban J connectivity index is 2.10. The van der Waals surface area contributed by atoms with Crippen LogP contribution in [0.25, 0.3) is 0 Å². The second-order valence-electron chi connectivity index (χ2n) is 5.10. The maximum Gasteiger partial charge on any atom is 0.320 e. The van der Waals surface area contributed by atoms with Crippen LogP contribution in [-0.2, 0) is 22.6 Å². The van der Waals surface area contributed by atoms with Crippen molar-refractivity contribution in [1.82, 2.24) is 14.7 Å². The highest BCUT2D eigenvalue weighted by atomic mass is 35.5. The van der Waals surface area contributed by atoms with Crippen molar-refractivity contribution in [1.29, 1.82) is 0 Å². The molecule has 0 amide bonds. The number of rotatable bonds is 7. The summed E-state index contributed by atoms with van der Waals surface area (Å²) >= 11 is 6.33. The Kier molecular flexibility index (Phi) is 5.05. The highest BCUT2D eigenvalue weighted by molar-refractivity contribution is 6.31. The van der Waals surface area contributed by atoms with Gasteiger partial charge in [-0.05, 0) is 33.6 Å². The van der Waals surface area contributed by atoms with Gasteiger partial charge < -0.3 is 4.74 Å². The molecule has 1 heterocycles. The lowest BCUT2D eigenvalue weighted by Crippen LogP contribution is -2.33. The summed E-state index contributed by atoms with van der Waals surface area (Å²) in [6.07, 6.45) is 2.27. The summed E-state index contributed by atoms with van der Waals surface area (Å²) in [7, 11) is 0. The molecule has 0 atom stereocenters. The quantitative estimate of drug-likeness (QED) is 0.725. The van der Waals surface area contributed by atoms with Gasteiger partial charge in [-0.2, -0.15) is 5.10 Å². The molecule has 0 aromatic carbocycles. The third-order valence-electron chi connectivity index (χ3n) is 3.51. The van der Waals surface area contributed by atoms with Gasteiger partial charge in [-0.25, -0.2) is 0 Å². The minimum atomic E-state index is -0.171. The third-order valence-corrected chi connectivity index (χ3v) is 4.00. The van der Waals surface area contributed by atoms with Crippen molar-refractivity contribution in [3.05, 3.63) is 16.4 Å². The van der Waals surface area contributed by atoms with Crippen LogP contribution in [0.5, 0.6) is 0 Å². The van der Waals surface area contributed by atoms with Crippen molar-refractivity contribution in [2.45, 2.75) is 52.7 Å². The molecular weight excluding hydrogens is 278 g/mol. The number of halogens is 1. The van der Waals surface area contributed by atoms with Crippen molar-refractivity contribution in [2.75, 3.05) is 13.2 Å². The van der Waals surface area contributed by atoms with E-state index in [9.17, 15) is 4.79 Å². The standard InChI is InChI=1S/C14H22ClN3O2/c1-4-18-12(14(15)10(3)16-18)8-17(11-6-7-11)9-13(19)20-5-2/h11H,4-9H2,1-3H3. The second-order valence-corrected chi connectivity index (χ2v) is 5.48. The van der Waals surface area contributed by atoms with Gasteiger partial charge in [-0.1, -0.05) is 11.6 Å². The zero-order valence-electron chi connectivity index (χ0n) is 12.4. The third kappa shape index (κ3) is 3.52. The van der Waals surface area contributed by atoms with E-state index in [2.05, 4.69) is 10.00 Å². The second kappa shape index (κ2) is 6.59. The van der Waals surface area contributed by atoms with E-state index in [0.717, 1.165) is 30.8 Å². The van der Waals surface area contributed by atoms with Crippen LogP contribution >= 0.6 is 11.6 Å². The minimum absolute atomic E-state index is 0.171. The van der Waals surface area contributed by atoms with Gasteiger partial charge in [0.15, 0.2) is 0 Å². The van der Waals surface area contributed by atoms with Crippen LogP contribution in [0.2, 0.25) is 5.02 Å². The number of esters is 1. The van der Waals surface area contributed by atoms with Gasteiger partial charge in [0.25, 0.3) is 0 Å². The van der Waals surface area contributed by atoms with E-state index < -0.39 is 0 Å². The fourth-order valence-electron chi connectivity index (χ4n) is 2.34. The molecule has 1 aliphatic rings. The number of carbonyl (C=O) groups excluding carboxylic acids is 1. The van der Waals surface area contributed by atoms with E-state index in [1.807, 2.05) is 25.5 Å². The maximum absolute atomic E-state index is 11.7. The van der Waals surface area contributed by atoms with Gasteiger partial charge >= 0.3 is 5.97 Å². The monoisotopic (exact) mass is 299 g/mol. The van der Waals surface area contributed by atoms with Crippen LogP contribution in [0.15, 0.2) is 0 Å². The van der Waals surface area contributed by atoms with Crippen molar-refractivity contribution in [2.24, 2.45) is 0 Å². The molecule has 0 radical (unpaired) electrons. The molecule has 6 heteroatoms. The van der Waals surface area contributed by atoms with Gasteiger partial charge in [-0.15, -0.1) is 0 Å². The molecule has 0 saturated heterocycles. The molecule has 1 aromatic rings. The molecule has 0 N–H and O–H groups in total. The first-order chi connectivity index (χ1) is 9.56. The number of hydrogen-bond donors (Lipinski definition) is 0. The molecule has 0 aliphatic heterocycles. The van der Waals surface area contributed by atoms with Crippen molar-refractivity contribution in [3.8, 4) is 0 Å². The lowest BCUT2D eigenvalue weighted by Gasteiger charge is -2.21. The number of nitrogens with zero attached hydrogens (tertiary/aromatic N) is 3. The summed E-state index contributed by atoms with van der Waals surface area (Å²) in [5.41, 5.74) is 1.83. The van der Waals surface area contributed by atoms with Gasteiger partial charge in [0, 0.05) is 19.1 Å². The fraction of sp³-hybridized carbons (Fsp3) is 0.714. The first-order valence-corrected chi connectivity index (χ1v) is 7.56. The zero-order chi connectivity index (χ0) is 14.7. The Morgan fingerprint density at radius 3 is 2.75 bits per heavy atom. The van der Waals surface area contributed by atoms with Crippen molar-refractivity contribution >= 4 is 17.6 Å². The van der Waals surface area contributed by atoms with Gasteiger partial charge in [-0.3, -0.25) is 14.4 Å². The van der Waals surface area contributed by atoms with E-state index in [4.69, 9.17) is 16.3 Å². The molecule has 20 heavy (non-hydrogen) atoms. The topological polar surface area (TPSA) is 47.4 Å². The molecule has 1 saturated carbocycles. The van der Waals surface area contributed by atoms with Gasteiger partial charge in [0.1, 0.15) is 0 Å². The van der Waals surface area contributed by atoms with E-state index in [1.165, 1.54) is 0 Å². The van der Waals surface area contributed by atoms with Crippen LogP contribution in [-0.4, -0.2) is 39.8 Å². The lowest BCUT2D eigenvalue weighted by atomic mass is 10.3. The Labute approximate surface area is 124 Å². The average molecular weight is 300 g/mol. The molecule has 2 rings (SSSR count). The smallest absolute Gasteiger partial charge is 0.320 e. The molecular formula is C14H22ClN3O2. The highest BCUT2D eigenvalue weighted by Crippen LogP contribution is 2.30. The van der Waals surface area contributed by atoms with Crippen LogP contribution in [0.4, 0.5) is 0 Å². The SMILES string of the molecule is CCOC(=O)CN(Cc1c(Cl)c(C)nn1CC)C1CC1. The summed E-state index contributed by atoms with van der Waals surface area (Å²) in [5, 5.41) is 5.13. The molecule has 5 nitrogen and oxygen atoms in total.